The minimum absolute atomic E-state index is 0.148. The van der Waals surface area contributed by atoms with Gasteiger partial charge in [-0.2, -0.15) is 0 Å². The molecule has 1 aliphatic carbocycles. The van der Waals surface area contributed by atoms with Crippen molar-refractivity contribution in [1.82, 2.24) is 10.3 Å². The molecular weight excluding hydrogens is 268 g/mol. The number of thiazole rings is 1. The minimum atomic E-state index is -0.148. The van der Waals surface area contributed by atoms with Crippen LogP contribution in [0.15, 0.2) is 5.38 Å². The lowest BCUT2D eigenvalue weighted by molar-refractivity contribution is -0.0668. The van der Waals surface area contributed by atoms with Gasteiger partial charge < -0.3 is 10.1 Å². The van der Waals surface area contributed by atoms with Gasteiger partial charge in [-0.25, -0.2) is 4.98 Å². The van der Waals surface area contributed by atoms with Crippen LogP contribution in [-0.4, -0.2) is 18.6 Å². The van der Waals surface area contributed by atoms with Crippen molar-refractivity contribution in [3.63, 3.8) is 0 Å². The van der Waals surface area contributed by atoms with Gasteiger partial charge in [-0.15, -0.1) is 11.3 Å². The van der Waals surface area contributed by atoms with Crippen LogP contribution in [0.4, 0.5) is 0 Å². The van der Waals surface area contributed by atoms with Crippen molar-refractivity contribution < 1.29 is 4.74 Å². The molecule has 0 aromatic carbocycles. The van der Waals surface area contributed by atoms with Crippen LogP contribution in [0.25, 0.3) is 0 Å². The number of nitrogens with one attached hydrogen (secondary N) is 1. The first-order valence-electron chi connectivity index (χ1n) is 7.67. The summed E-state index contributed by atoms with van der Waals surface area (Å²) in [6.45, 7) is 9.98. The monoisotopic (exact) mass is 296 g/mol. The van der Waals surface area contributed by atoms with E-state index in [0.29, 0.717) is 11.5 Å². The third-order valence-corrected chi connectivity index (χ3v) is 5.71. The second-order valence-corrected chi connectivity index (χ2v) is 7.58. The molecule has 20 heavy (non-hydrogen) atoms. The number of aromatic nitrogens is 1. The average Bonchev–Trinajstić information content (AvgIpc) is 2.90. The summed E-state index contributed by atoms with van der Waals surface area (Å²) in [5.74, 6) is 0. The highest BCUT2D eigenvalue weighted by Gasteiger charge is 2.42. The Morgan fingerprint density at radius 3 is 2.55 bits per heavy atom. The Morgan fingerprint density at radius 1 is 1.35 bits per heavy atom. The number of hydrogen-bond donors (Lipinski definition) is 1. The Morgan fingerprint density at radius 2 is 2.00 bits per heavy atom. The standard InChI is InChI=1S/C16H28N2OS/c1-6-17-12(2)13-11-20-14(18-13)16(19-5)9-7-15(3,4)8-10-16/h11-12,17H,6-10H2,1-5H3. The van der Waals surface area contributed by atoms with Gasteiger partial charge in [0.15, 0.2) is 0 Å². The molecule has 1 aromatic rings. The van der Waals surface area contributed by atoms with Gasteiger partial charge in [-0.1, -0.05) is 20.8 Å². The second kappa shape index (κ2) is 6.12. The maximum absolute atomic E-state index is 5.94. The second-order valence-electron chi connectivity index (χ2n) is 6.72. The van der Waals surface area contributed by atoms with Gasteiger partial charge in [0, 0.05) is 18.5 Å². The third-order valence-electron chi connectivity index (χ3n) is 4.67. The molecule has 1 fully saturated rings. The van der Waals surface area contributed by atoms with Crippen LogP contribution in [0.3, 0.4) is 0 Å². The lowest BCUT2D eigenvalue weighted by atomic mass is 9.71. The predicted octanol–water partition coefficient (Wildman–Crippen LogP) is 4.26. The van der Waals surface area contributed by atoms with Crippen LogP contribution in [0.1, 0.15) is 70.1 Å². The fraction of sp³-hybridized carbons (Fsp3) is 0.812. The summed E-state index contributed by atoms with van der Waals surface area (Å²) in [5, 5.41) is 6.77. The number of hydrogen-bond acceptors (Lipinski definition) is 4. The molecule has 0 radical (unpaired) electrons. The van der Waals surface area contributed by atoms with E-state index >= 15 is 0 Å². The molecule has 3 nitrogen and oxygen atoms in total. The SMILES string of the molecule is CCNC(C)c1csc(C2(OC)CCC(C)(C)CC2)n1. The summed E-state index contributed by atoms with van der Waals surface area (Å²) in [6.07, 6.45) is 4.58. The van der Waals surface area contributed by atoms with E-state index in [1.165, 1.54) is 12.8 Å². The van der Waals surface area contributed by atoms with E-state index in [2.05, 4.69) is 38.4 Å². The van der Waals surface area contributed by atoms with Gasteiger partial charge in [0.25, 0.3) is 0 Å². The van der Waals surface area contributed by atoms with E-state index in [1.807, 2.05) is 7.11 Å². The Bertz CT molecular complexity index is 431. The van der Waals surface area contributed by atoms with Crippen molar-refractivity contribution in [3.8, 4) is 0 Å². The molecule has 0 saturated heterocycles. The van der Waals surface area contributed by atoms with Crippen LogP contribution in [0, 0.1) is 5.41 Å². The van der Waals surface area contributed by atoms with Gasteiger partial charge in [-0.3, -0.25) is 0 Å². The largest absolute Gasteiger partial charge is 0.371 e. The molecule has 0 amide bonds. The first-order chi connectivity index (χ1) is 9.42. The van der Waals surface area contributed by atoms with Crippen LogP contribution in [0.5, 0.6) is 0 Å². The zero-order chi connectivity index (χ0) is 14.8. The Labute approximate surface area is 127 Å². The molecule has 1 N–H and O–H groups in total. The van der Waals surface area contributed by atoms with E-state index in [-0.39, 0.29) is 5.60 Å². The normalized spacial score (nSPS) is 22.6. The lowest BCUT2D eigenvalue weighted by Crippen LogP contribution is -2.36. The van der Waals surface area contributed by atoms with Gasteiger partial charge in [0.1, 0.15) is 10.6 Å². The first kappa shape index (κ1) is 15.9. The molecule has 1 saturated carbocycles. The zero-order valence-corrected chi connectivity index (χ0v) is 14.3. The predicted molar refractivity (Wildman–Crippen MR) is 85.1 cm³/mol. The molecule has 4 heteroatoms. The van der Waals surface area contributed by atoms with Gasteiger partial charge in [0.05, 0.1) is 5.69 Å². The van der Waals surface area contributed by atoms with Crippen molar-refractivity contribution in [1.29, 1.82) is 0 Å². The molecule has 0 aliphatic heterocycles. The third kappa shape index (κ3) is 3.23. The molecule has 1 heterocycles. The van der Waals surface area contributed by atoms with Gasteiger partial charge >= 0.3 is 0 Å². The van der Waals surface area contributed by atoms with Crippen molar-refractivity contribution >= 4 is 11.3 Å². The average molecular weight is 296 g/mol. The fourth-order valence-electron chi connectivity index (χ4n) is 2.94. The summed E-state index contributed by atoms with van der Waals surface area (Å²) in [7, 11) is 1.84. The van der Waals surface area contributed by atoms with Gasteiger partial charge in [-0.05, 0) is 44.6 Å². The number of ether oxygens (including phenoxy) is 1. The highest BCUT2D eigenvalue weighted by atomic mass is 32.1. The molecular formula is C16H28N2OS. The van der Waals surface area contributed by atoms with Crippen LogP contribution < -0.4 is 5.32 Å². The van der Waals surface area contributed by atoms with Crippen LogP contribution in [0.2, 0.25) is 0 Å². The highest BCUT2D eigenvalue weighted by molar-refractivity contribution is 7.09. The summed E-state index contributed by atoms with van der Waals surface area (Å²) >= 11 is 1.76. The molecule has 114 valence electrons. The van der Waals surface area contributed by atoms with E-state index in [1.54, 1.807) is 11.3 Å². The highest BCUT2D eigenvalue weighted by Crippen LogP contribution is 2.47. The molecule has 1 aromatic heterocycles. The Hall–Kier alpha value is -0.450. The van der Waals surface area contributed by atoms with Crippen LogP contribution in [-0.2, 0) is 10.3 Å². The number of rotatable bonds is 5. The number of nitrogens with zero attached hydrogens (tertiary/aromatic N) is 1. The first-order valence-corrected chi connectivity index (χ1v) is 8.55. The quantitative estimate of drug-likeness (QED) is 0.881. The van der Waals surface area contributed by atoms with E-state index in [9.17, 15) is 0 Å². The fourth-order valence-corrected chi connectivity index (χ4v) is 4.09. The lowest BCUT2D eigenvalue weighted by Gasteiger charge is -2.41. The summed E-state index contributed by atoms with van der Waals surface area (Å²) < 4.78 is 5.94. The molecule has 0 spiro atoms. The molecule has 0 bridgehead atoms. The smallest absolute Gasteiger partial charge is 0.125 e. The summed E-state index contributed by atoms with van der Waals surface area (Å²) in [5.41, 5.74) is 1.44. The summed E-state index contributed by atoms with van der Waals surface area (Å²) in [6, 6.07) is 0.318. The van der Waals surface area contributed by atoms with Gasteiger partial charge in [0.2, 0.25) is 0 Å². The molecule has 2 rings (SSSR count). The maximum atomic E-state index is 5.94. The van der Waals surface area contributed by atoms with Crippen LogP contribution >= 0.6 is 11.3 Å². The van der Waals surface area contributed by atoms with Crippen molar-refractivity contribution in [3.05, 3.63) is 16.1 Å². The zero-order valence-electron chi connectivity index (χ0n) is 13.5. The topological polar surface area (TPSA) is 34.1 Å². The summed E-state index contributed by atoms with van der Waals surface area (Å²) in [4.78, 5) is 4.87. The van der Waals surface area contributed by atoms with E-state index in [0.717, 1.165) is 30.1 Å². The molecule has 1 atom stereocenters. The molecule has 1 aliphatic rings. The van der Waals surface area contributed by atoms with Crippen molar-refractivity contribution in [2.24, 2.45) is 5.41 Å². The Balaban J connectivity index is 2.16. The maximum Gasteiger partial charge on any atom is 0.125 e. The Kier molecular flexibility index (Phi) is 4.88. The minimum Gasteiger partial charge on any atom is -0.371 e. The molecule has 1 unspecified atom stereocenters. The van der Waals surface area contributed by atoms with Crippen molar-refractivity contribution in [2.45, 2.75) is 65.0 Å². The van der Waals surface area contributed by atoms with E-state index < -0.39 is 0 Å². The number of methoxy groups -OCH3 is 1. The van der Waals surface area contributed by atoms with E-state index in [4.69, 9.17) is 9.72 Å². The van der Waals surface area contributed by atoms with Crippen molar-refractivity contribution in [2.75, 3.05) is 13.7 Å².